The number of carbonyl (C=O) groups excluding carboxylic acids is 1. The zero-order valence-electron chi connectivity index (χ0n) is 8.58. The van der Waals surface area contributed by atoms with Crippen LogP contribution in [0.5, 0.6) is 0 Å². The number of primary sulfonamides is 1. The predicted octanol–water partition coefficient (Wildman–Crippen LogP) is -0.476. The Balaban J connectivity index is 2.28. The molecule has 1 aliphatic heterocycles. The van der Waals surface area contributed by atoms with Crippen LogP contribution in [0.1, 0.15) is 6.42 Å². The Morgan fingerprint density at radius 3 is 2.76 bits per heavy atom. The van der Waals surface area contributed by atoms with Crippen molar-refractivity contribution in [2.24, 2.45) is 5.14 Å². The van der Waals surface area contributed by atoms with Gasteiger partial charge in [-0.25, -0.2) is 13.6 Å². The molecule has 1 amide bonds. The molecule has 1 aromatic rings. The van der Waals surface area contributed by atoms with E-state index in [2.05, 4.69) is 10.2 Å². The molecule has 2 rings (SSSR count). The summed E-state index contributed by atoms with van der Waals surface area (Å²) in [5.41, 5.74) is 0.418. The molecule has 17 heavy (non-hydrogen) atoms. The van der Waals surface area contributed by atoms with E-state index in [-0.39, 0.29) is 24.0 Å². The molecule has 0 saturated carbocycles. The molecule has 0 spiro atoms. The highest BCUT2D eigenvalue weighted by molar-refractivity contribution is 7.89. The number of hydrogen-bond acceptors (Lipinski definition) is 5. The van der Waals surface area contributed by atoms with Crippen molar-refractivity contribution in [2.75, 3.05) is 11.4 Å². The zero-order chi connectivity index (χ0) is 12.6. The van der Waals surface area contributed by atoms with E-state index in [1.54, 1.807) is 0 Å². The summed E-state index contributed by atoms with van der Waals surface area (Å²) in [5.74, 6) is -0.326. The Hall–Kier alpha value is -1.25. The third-order valence-electron chi connectivity index (χ3n) is 2.48. The Morgan fingerprint density at radius 2 is 2.24 bits per heavy atom. The lowest BCUT2D eigenvalue weighted by molar-refractivity contribution is -0.117. The van der Waals surface area contributed by atoms with E-state index in [1.807, 2.05) is 0 Å². The summed E-state index contributed by atoms with van der Waals surface area (Å²) in [6, 6.07) is 1.44. The van der Waals surface area contributed by atoms with Crippen LogP contribution in [-0.4, -0.2) is 36.3 Å². The summed E-state index contributed by atoms with van der Waals surface area (Å²) in [4.78, 5) is 12.9. The van der Waals surface area contributed by atoms with Gasteiger partial charge in [0, 0.05) is 19.0 Å². The van der Waals surface area contributed by atoms with Gasteiger partial charge in [0.15, 0.2) is 5.15 Å². The predicted molar refractivity (Wildman–Crippen MR) is 60.9 cm³/mol. The van der Waals surface area contributed by atoms with E-state index in [1.165, 1.54) is 17.2 Å². The van der Waals surface area contributed by atoms with Gasteiger partial charge >= 0.3 is 0 Å². The summed E-state index contributed by atoms with van der Waals surface area (Å²) >= 11 is 5.64. The topological polar surface area (TPSA) is 106 Å². The third-order valence-corrected chi connectivity index (χ3v) is 3.91. The minimum absolute atomic E-state index is 0.0136. The quantitative estimate of drug-likeness (QED) is 0.785. The van der Waals surface area contributed by atoms with Gasteiger partial charge in [-0.05, 0) is 0 Å². The number of rotatable bonds is 2. The molecule has 92 valence electrons. The van der Waals surface area contributed by atoms with Gasteiger partial charge in [-0.1, -0.05) is 11.6 Å². The van der Waals surface area contributed by atoms with Gasteiger partial charge in [-0.2, -0.15) is 5.10 Å². The summed E-state index contributed by atoms with van der Waals surface area (Å²) < 4.78 is 22.3. The van der Waals surface area contributed by atoms with Crippen LogP contribution in [0.3, 0.4) is 0 Å². The number of amides is 1. The number of halogens is 1. The van der Waals surface area contributed by atoms with Crippen LogP contribution in [0.4, 0.5) is 5.69 Å². The van der Waals surface area contributed by atoms with E-state index in [0.717, 1.165) is 0 Å². The van der Waals surface area contributed by atoms with Crippen molar-refractivity contribution in [1.29, 1.82) is 0 Å². The number of hydrogen-bond donors (Lipinski definition) is 1. The zero-order valence-corrected chi connectivity index (χ0v) is 10.1. The van der Waals surface area contributed by atoms with Crippen LogP contribution >= 0.6 is 11.6 Å². The Kier molecular flexibility index (Phi) is 3.02. The first kappa shape index (κ1) is 12.2. The van der Waals surface area contributed by atoms with Crippen LogP contribution in [-0.2, 0) is 14.8 Å². The lowest BCUT2D eigenvalue weighted by Crippen LogP contribution is -2.32. The fraction of sp³-hybridized carbons (Fsp3) is 0.375. The molecule has 1 unspecified atom stereocenters. The molecule has 2 N–H and O–H groups in total. The SMILES string of the molecule is NS(=O)(=O)C1CC(=O)N(c2cnnc(Cl)c2)C1. The first-order chi connectivity index (χ1) is 7.88. The fourth-order valence-electron chi connectivity index (χ4n) is 1.62. The van der Waals surface area contributed by atoms with Gasteiger partial charge in [0.1, 0.15) is 5.25 Å². The first-order valence-electron chi connectivity index (χ1n) is 4.68. The first-order valence-corrected chi connectivity index (χ1v) is 6.67. The van der Waals surface area contributed by atoms with Crippen molar-refractivity contribution in [2.45, 2.75) is 11.7 Å². The average Bonchev–Trinajstić information content (AvgIpc) is 2.60. The molecule has 2 heterocycles. The van der Waals surface area contributed by atoms with Crippen LogP contribution in [0.15, 0.2) is 12.3 Å². The summed E-state index contributed by atoms with van der Waals surface area (Å²) in [5, 5.41) is 11.4. The molecule has 9 heteroatoms. The fourth-order valence-corrected chi connectivity index (χ4v) is 2.51. The highest BCUT2D eigenvalue weighted by Gasteiger charge is 2.37. The minimum atomic E-state index is -3.72. The molecule has 1 atom stereocenters. The lowest BCUT2D eigenvalue weighted by atomic mass is 10.4. The van der Waals surface area contributed by atoms with E-state index < -0.39 is 15.3 Å². The van der Waals surface area contributed by atoms with Gasteiger partial charge in [-0.3, -0.25) is 4.79 Å². The second-order valence-electron chi connectivity index (χ2n) is 3.66. The minimum Gasteiger partial charge on any atom is -0.309 e. The van der Waals surface area contributed by atoms with Crippen molar-refractivity contribution in [3.05, 3.63) is 17.4 Å². The largest absolute Gasteiger partial charge is 0.309 e. The van der Waals surface area contributed by atoms with E-state index in [4.69, 9.17) is 16.7 Å². The maximum atomic E-state index is 11.7. The van der Waals surface area contributed by atoms with Gasteiger partial charge < -0.3 is 4.90 Å². The van der Waals surface area contributed by atoms with Crippen molar-refractivity contribution in [3.63, 3.8) is 0 Å². The maximum Gasteiger partial charge on any atom is 0.228 e. The number of anilines is 1. The Labute approximate surface area is 103 Å². The number of nitrogens with zero attached hydrogens (tertiary/aromatic N) is 3. The third kappa shape index (κ3) is 2.54. The Bertz CT molecular complexity index is 562. The van der Waals surface area contributed by atoms with Crippen molar-refractivity contribution in [1.82, 2.24) is 10.2 Å². The van der Waals surface area contributed by atoms with E-state index in [0.29, 0.717) is 5.69 Å². The molecule has 7 nitrogen and oxygen atoms in total. The van der Waals surface area contributed by atoms with E-state index >= 15 is 0 Å². The van der Waals surface area contributed by atoms with Crippen molar-refractivity contribution in [3.8, 4) is 0 Å². The van der Waals surface area contributed by atoms with Gasteiger partial charge in [0.05, 0.1) is 11.9 Å². The van der Waals surface area contributed by atoms with Crippen LogP contribution in [0.25, 0.3) is 0 Å². The van der Waals surface area contributed by atoms with E-state index in [9.17, 15) is 13.2 Å². The van der Waals surface area contributed by atoms with Crippen molar-refractivity contribution < 1.29 is 13.2 Å². The average molecular weight is 277 g/mol. The smallest absolute Gasteiger partial charge is 0.228 e. The molecule has 1 aliphatic rings. The summed E-state index contributed by atoms with van der Waals surface area (Å²) in [6.07, 6.45) is 1.22. The normalized spacial score (nSPS) is 20.9. The standard InChI is InChI=1S/C8H9ClN4O3S/c9-7-1-5(3-11-12-7)13-4-6(2-8(13)14)17(10,15)16/h1,3,6H,2,4H2,(H2,10,15,16). The molecule has 0 aliphatic carbocycles. The second kappa shape index (κ2) is 4.21. The van der Waals surface area contributed by atoms with Gasteiger partial charge in [0.25, 0.3) is 0 Å². The van der Waals surface area contributed by atoms with Gasteiger partial charge in [0.2, 0.25) is 15.9 Å². The highest BCUT2D eigenvalue weighted by atomic mass is 35.5. The van der Waals surface area contributed by atoms with Crippen LogP contribution in [0, 0.1) is 0 Å². The van der Waals surface area contributed by atoms with Gasteiger partial charge in [-0.15, -0.1) is 5.10 Å². The molecule has 1 aromatic heterocycles. The molecule has 1 fully saturated rings. The molecular formula is C8H9ClN4O3S. The number of sulfonamides is 1. The number of aromatic nitrogens is 2. The summed E-state index contributed by atoms with van der Waals surface area (Å²) in [6.45, 7) is 0.0136. The number of carbonyl (C=O) groups is 1. The molecule has 0 radical (unpaired) electrons. The lowest BCUT2D eigenvalue weighted by Gasteiger charge is -2.15. The molecule has 1 saturated heterocycles. The number of nitrogens with two attached hydrogens (primary N) is 1. The van der Waals surface area contributed by atoms with Crippen LogP contribution in [0.2, 0.25) is 5.15 Å². The Morgan fingerprint density at radius 1 is 1.53 bits per heavy atom. The molecule has 0 bridgehead atoms. The second-order valence-corrected chi connectivity index (χ2v) is 5.89. The maximum absolute atomic E-state index is 11.7. The highest BCUT2D eigenvalue weighted by Crippen LogP contribution is 2.24. The monoisotopic (exact) mass is 276 g/mol. The molecular weight excluding hydrogens is 268 g/mol. The van der Waals surface area contributed by atoms with Crippen molar-refractivity contribution >= 4 is 33.2 Å². The van der Waals surface area contributed by atoms with Crippen LogP contribution < -0.4 is 10.0 Å². The molecule has 0 aromatic carbocycles. The summed E-state index contributed by atoms with van der Waals surface area (Å²) in [7, 11) is -3.72.